The van der Waals surface area contributed by atoms with Crippen molar-refractivity contribution in [2.75, 3.05) is 13.2 Å². The molecule has 0 saturated heterocycles. The van der Waals surface area contributed by atoms with E-state index in [2.05, 4.69) is 21.2 Å². The maximum Gasteiger partial charge on any atom is 0.258 e. The smallest absolute Gasteiger partial charge is 0.258 e. The van der Waals surface area contributed by atoms with Gasteiger partial charge in [-0.3, -0.25) is 4.79 Å². The number of hydrogen-bond acceptors (Lipinski definition) is 3. The van der Waals surface area contributed by atoms with Gasteiger partial charge in [0.1, 0.15) is 5.75 Å². The van der Waals surface area contributed by atoms with E-state index in [-0.39, 0.29) is 31.1 Å². The summed E-state index contributed by atoms with van der Waals surface area (Å²) in [5, 5.41) is 12.3. The molecular weight excluding hydrogens is 334 g/mol. The van der Waals surface area contributed by atoms with E-state index in [4.69, 9.17) is 21.4 Å². The molecule has 1 aromatic rings. The second-order valence-electron chi connectivity index (χ2n) is 4.46. The maximum atomic E-state index is 11.7. The molecule has 1 amide bonds. The van der Waals surface area contributed by atoms with Crippen LogP contribution >= 0.6 is 27.5 Å². The van der Waals surface area contributed by atoms with Crippen LogP contribution < -0.4 is 10.1 Å². The minimum atomic E-state index is -0.285. The zero-order chi connectivity index (χ0) is 14.4. The Kier molecular flexibility index (Phi) is 6.62. The van der Waals surface area contributed by atoms with E-state index in [1.54, 1.807) is 18.2 Å². The molecule has 2 N–H and O–H groups in total. The van der Waals surface area contributed by atoms with Crippen molar-refractivity contribution in [1.29, 1.82) is 0 Å². The number of halogens is 2. The molecule has 0 aliphatic heterocycles. The Morgan fingerprint density at radius 1 is 1.53 bits per heavy atom. The molecule has 1 aromatic carbocycles. The van der Waals surface area contributed by atoms with Crippen LogP contribution in [0.15, 0.2) is 22.7 Å². The van der Waals surface area contributed by atoms with Gasteiger partial charge < -0.3 is 15.2 Å². The van der Waals surface area contributed by atoms with Gasteiger partial charge >= 0.3 is 0 Å². The lowest BCUT2D eigenvalue weighted by atomic mass is 10.1. The first kappa shape index (κ1) is 16.3. The molecule has 0 bridgehead atoms. The Morgan fingerprint density at radius 3 is 2.74 bits per heavy atom. The Hall–Kier alpha value is -0.780. The number of hydrogen-bond donors (Lipinski definition) is 2. The van der Waals surface area contributed by atoms with Gasteiger partial charge in [-0.15, -0.1) is 0 Å². The summed E-state index contributed by atoms with van der Waals surface area (Å²) in [7, 11) is 0. The standard InChI is InChI=1S/C13H17BrClNO3/c1-8(2)11(6-17)16-13(18)7-19-12-4-3-9(14)5-10(12)15/h3-5,8,11,17H,6-7H2,1-2H3,(H,16,18)/t11-/m1/s1. The molecule has 1 rings (SSSR count). The molecule has 1 atom stereocenters. The third-order valence-corrected chi connectivity index (χ3v) is 3.39. The first-order valence-corrected chi connectivity index (χ1v) is 7.09. The average Bonchev–Trinajstić information content (AvgIpc) is 2.34. The number of rotatable bonds is 6. The minimum absolute atomic E-state index is 0.0948. The molecule has 19 heavy (non-hydrogen) atoms. The van der Waals surface area contributed by atoms with Gasteiger partial charge in [0, 0.05) is 4.47 Å². The molecule has 0 saturated carbocycles. The normalized spacial score (nSPS) is 12.3. The van der Waals surface area contributed by atoms with Gasteiger partial charge in [0.15, 0.2) is 6.61 Å². The van der Waals surface area contributed by atoms with Crippen molar-refractivity contribution in [3.63, 3.8) is 0 Å². The van der Waals surface area contributed by atoms with Crippen molar-refractivity contribution < 1.29 is 14.6 Å². The number of carbonyl (C=O) groups excluding carboxylic acids is 1. The van der Waals surface area contributed by atoms with Crippen molar-refractivity contribution in [1.82, 2.24) is 5.32 Å². The summed E-state index contributed by atoms with van der Waals surface area (Å²) in [6, 6.07) is 4.89. The highest BCUT2D eigenvalue weighted by Gasteiger charge is 2.15. The largest absolute Gasteiger partial charge is 0.482 e. The van der Waals surface area contributed by atoms with E-state index in [1.165, 1.54) is 0 Å². The van der Waals surface area contributed by atoms with Crippen molar-refractivity contribution >= 4 is 33.4 Å². The van der Waals surface area contributed by atoms with Gasteiger partial charge in [0.2, 0.25) is 0 Å². The van der Waals surface area contributed by atoms with Gasteiger partial charge in [-0.25, -0.2) is 0 Å². The van der Waals surface area contributed by atoms with Crippen LogP contribution in [0.2, 0.25) is 5.02 Å². The Balaban J connectivity index is 2.50. The highest BCUT2D eigenvalue weighted by Crippen LogP contribution is 2.27. The fourth-order valence-electron chi connectivity index (χ4n) is 1.41. The average molecular weight is 351 g/mol. The van der Waals surface area contributed by atoms with E-state index < -0.39 is 0 Å². The highest BCUT2D eigenvalue weighted by atomic mass is 79.9. The fraction of sp³-hybridized carbons (Fsp3) is 0.462. The molecule has 0 aliphatic rings. The van der Waals surface area contributed by atoms with Crippen LogP contribution in [-0.2, 0) is 4.79 Å². The summed E-state index contributed by atoms with van der Waals surface area (Å²) in [5.41, 5.74) is 0. The Morgan fingerprint density at radius 2 is 2.21 bits per heavy atom. The summed E-state index contributed by atoms with van der Waals surface area (Å²) >= 11 is 9.26. The summed E-state index contributed by atoms with van der Waals surface area (Å²) in [6.07, 6.45) is 0. The Labute approximate surface area is 126 Å². The Bertz CT molecular complexity index is 440. The van der Waals surface area contributed by atoms with Crippen LogP contribution in [0.25, 0.3) is 0 Å². The van der Waals surface area contributed by atoms with E-state index in [9.17, 15) is 4.79 Å². The van der Waals surface area contributed by atoms with Crippen LogP contribution in [0.3, 0.4) is 0 Å². The van der Waals surface area contributed by atoms with Gasteiger partial charge in [0.05, 0.1) is 17.7 Å². The molecule has 0 heterocycles. The summed E-state index contributed by atoms with van der Waals surface area (Å²) < 4.78 is 6.17. The molecule has 0 fully saturated rings. The second kappa shape index (κ2) is 7.72. The van der Waals surface area contributed by atoms with Crippen LogP contribution in [0.1, 0.15) is 13.8 Å². The first-order chi connectivity index (χ1) is 8.93. The van der Waals surface area contributed by atoms with Crippen LogP contribution in [-0.4, -0.2) is 30.3 Å². The molecular formula is C13H17BrClNO3. The number of benzene rings is 1. The summed E-state index contributed by atoms with van der Waals surface area (Å²) in [4.78, 5) is 11.7. The molecule has 106 valence electrons. The lowest BCUT2D eigenvalue weighted by Gasteiger charge is -2.20. The number of carbonyl (C=O) groups is 1. The third-order valence-electron chi connectivity index (χ3n) is 2.60. The predicted octanol–water partition coefficient (Wildman–Crippen LogP) is 2.61. The first-order valence-electron chi connectivity index (χ1n) is 5.92. The van der Waals surface area contributed by atoms with Gasteiger partial charge in [-0.2, -0.15) is 0 Å². The highest BCUT2D eigenvalue weighted by molar-refractivity contribution is 9.10. The number of ether oxygens (including phenoxy) is 1. The van der Waals surface area contributed by atoms with E-state index in [0.717, 1.165) is 4.47 Å². The summed E-state index contributed by atoms with van der Waals surface area (Å²) in [5.74, 6) is 0.321. The quantitative estimate of drug-likeness (QED) is 0.829. The fourth-order valence-corrected chi connectivity index (χ4v) is 2.14. The zero-order valence-corrected chi connectivity index (χ0v) is 13.2. The monoisotopic (exact) mass is 349 g/mol. The van der Waals surface area contributed by atoms with Crippen molar-refractivity contribution in [2.24, 2.45) is 5.92 Å². The number of aliphatic hydroxyl groups excluding tert-OH is 1. The summed E-state index contributed by atoms with van der Waals surface area (Å²) in [6.45, 7) is 3.62. The van der Waals surface area contributed by atoms with Gasteiger partial charge in [-0.05, 0) is 24.1 Å². The van der Waals surface area contributed by atoms with Crippen LogP contribution in [0.5, 0.6) is 5.75 Å². The molecule has 0 aliphatic carbocycles. The molecule has 0 spiro atoms. The maximum absolute atomic E-state index is 11.7. The topological polar surface area (TPSA) is 58.6 Å². The van der Waals surface area contributed by atoms with E-state index in [0.29, 0.717) is 10.8 Å². The number of amides is 1. The zero-order valence-electron chi connectivity index (χ0n) is 10.8. The third kappa shape index (κ3) is 5.38. The molecule has 0 aromatic heterocycles. The predicted molar refractivity (Wildman–Crippen MR) is 78.5 cm³/mol. The van der Waals surface area contributed by atoms with Crippen molar-refractivity contribution in [3.05, 3.63) is 27.7 Å². The molecule has 4 nitrogen and oxygen atoms in total. The van der Waals surface area contributed by atoms with Gasteiger partial charge in [-0.1, -0.05) is 41.4 Å². The lowest BCUT2D eigenvalue weighted by Crippen LogP contribution is -2.43. The van der Waals surface area contributed by atoms with Crippen molar-refractivity contribution in [2.45, 2.75) is 19.9 Å². The van der Waals surface area contributed by atoms with Gasteiger partial charge in [0.25, 0.3) is 5.91 Å². The second-order valence-corrected chi connectivity index (χ2v) is 5.79. The number of aliphatic hydroxyl groups is 1. The SMILES string of the molecule is CC(C)[C@@H](CO)NC(=O)COc1ccc(Br)cc1Cl. The molecule has 0 unspecified atom stereocenters. The van der Waals surface area contributed by atoms with Crippen molar-refractivity contribution in [3.8, 4) is 5.75 Å². The van der Waals surface area contributed by atoms with Crippen LogP contribution in [0.4, 0.5) is 0 Å². The van der Waals surface area contributed by atoms with E-state index >= 15 is 0 Å². The number of nitrogens with one attached hydrogen (secondary N) is 1. The molecule has 6 heteroatoms. The minimum Gasteiger partial charge on any atom is -0.482 e. The lowest BCUT2D eigenvalue weighted by molar-refractivity contribution is -0.124. The van der Waals surface area contributed by atoms with E-state index in [1.807, 2.05) is 13.8 Å². The molecule has 0 radical (unpaired) electrons. The van der Waals surface area contributed by atoms with Crippen LogP contribution in [0, 0.1) is 5.92 Å².